The van der Waals surface area contributed by atoms with Crippen molar-refractivity contribution in [3.63, 3.8) is 0 Å². The highest BCUT2D eigenvalue weighted by atomic mass is 32.1. The molecule has 2 aromatic heterocycles. The van der Waals surface area contributed by atoms with E-state index in [1.807, 2.05) is 6.92 Å². The Bertz CT molecular complexity index is 1040. The number of amides is 1. The van der Waals surface area contributed by atoms with Crippen molar-refractivity contribution in [1.82, 2.24) is 9.97 Å². The highest BCUT2D eigenvalue weighted by Crippen LogP contribution is 2.35. The molecule has 0 bridgehead atoms. The number of carbonyl (C=O) groups is 1. The molecule has 0 spiro atoms. The second kappa shape index (κ2) is 8.55. The standard InChI is InChI=1S/C21H20F2N4O2S/c1-11-7-12(24)8-18(29-11)13-5-6-25-9-16(13)26-20(28)17-10-30-21(27-17)19-14(22)3-2-4-15(19)23/h2-6,9-12,18H,7-8,24H2,1H3,(H,26,28)/t11-,12+,18-/m0/s1. The topological polar surface area (TPSA) is 90.1 Å². The molecule has 1 fully saturated rings. The number of rotatable bonds is 4. The summed E-state index contributed by atoms with van der Waals surface area (Å²) in [5.74, 6) is -1.96. The third-order valence-electron chi connectivity index (χ3n) is 4.91. The van der Waals surface area contributed by atoms with Crippen LogP contribution in [0.3, 0.4) is 0 Å². The predicted octanol–water partition coefficient (Wildman–Crippen LogP) is 4.30. The molecule has 4 rings (SSSR count). The number of carbonyl (C=O) groups excluding carboxylic acids is 1. The summed E-state index contributed by atoms with van der Waals surface area (Å²) >= 11 is 0.994. The molecule has 0 aliphatic carbocycles. The number of benzene rings is 1. The Morgan fingerprint density at radius 3 is 2.77 bits per heavy atom. The van der Waals surface area contributed by atoms with Gasteiger partial charge in [0.15, 0.2) is 0 Å². The first-order valence-corrected chi connectivity index (χ1v) is 10.4. The normalized spacial score (nSPS) is 21.4. The highest BCUT2D eigenvalue weighted by Gasteiger charge is 2.28. The van der Waals surface area contributed by atoms with E-state index >= 15 is 0 Å². The Morgan fingerprint density at radius 1 is 1.27 bits per heavy atom. The maximum absolute atomic E-state index is 14.0. The predicted molar refractivity (Wildman–Crippen MR) is 110 cm³/mol. The first kappa shape index (κ1) is 20.5. The smallest absolute Gasteiger partial charge is 0.275 e. The molecule has 0 saturated carbocycles. The van der Waals surface area contributed by atoms with Gasteiger partial charge in [-0.2, -0.15) is 0 Å². The van der Waals surface area contributed by atoms with Gasteiger partial charge in [0.1, 0.15) is 22.3 Å². The lowest BCUT2D eigenvalue weighted by Gasteiger charge is -2.33. The minimum Gasteiger partial charge on any atom is -0.370 e. The fraction of sp³-hybridized carbons (Fsp3) is 0.286. The maximum atomic E-state index is 14.0. The van der Waals surface area contributed by atoms with E-state index < -0.39 is 17.5 Å². The molecule has 30 heavy (non-hydrogen) atoms. The van der Waals surface area contributed by atoms with Crippen LogP contribution in [0.1, 0.15) is 41.9 Å². The quantitative estimate of drug-likeness (QED) is 0.644. The minimum absolute atomic E-state index is 0.00670. The molecule has 9 heteroatoms. The number of anilines is 1. The van der Waals surface area contributed by atoms with Crippen molar-refractivity contribution in [3.05, 3.63) is 64.9 Å². The lowest BCUT2D eigenvalue weighted by molar-refractivity contribution is -0.0483. The van der Waals surface area contributed by atoms with E-state index in [4.69, 9.17) is 10.5 Å². The van der Waals surface area contributed by atoms with Crippen molar-refractivity contribution in [2.45, 2.75) is 38.0 Å². The maximum Gasteiger partial charge on any atom is 0.275 e. The molecule has 0 unspecified atom stereocenters. The van der Waals surface area contributed by atoms with Crippen molar-refractivity contribution in [3.8, 4) is 10.6 Å². The van der Waals surface area contributed by atoms with Crippen molar-refractivity contribution < 1.29 is 18.3 Å². The number of nitrogens with one attached hydrogen (secondary N) is 1. The summed E-state index contributed by atoms with van der Waals surface area (Å²) in [6.45, 7) is 1.96. The first-order chi connectivity index (χ1) is 14.4. The molecule has 1 saturated heterocycles. The Balaban J connectivity index is 1.57. The van der Waals surface area contributed by atoms with E-state index in [0.717, 1.165) is 35.5 Å². The second-order valence-corrected chi connectivity index (χ2v) is 8.08. The molecule has 1 aromatic carbocycles. The molecule has 3 atom stereocenters. The van der Waals surface area contributed by atoms with Crippen LogP contribution in [0.4, 0.5) is 14.5 Å². The van der Waals surface area contributed by atoms with Gasteiger partial charge < -0.3 is 15.8 Å². The highest BCUT2D eigenvalue weighted by molar-refractivity contribution is 7.13. The number of pyridine rings is 1. The number of nitrogens with two attached hydrogens (primary N) is 1. The van der Waals surface area contributed by atoms with Gasteiger partial charge in [-0.1, -0.05) is 6.07 Å². The van der Waals surface area contributed by atoms with Crippen molar-refractivity contribution >= 4 is 22.9 Å². The van der Waals surface area contributed by atoms with Crippen molar-refractivity contribution in [2.24, 2.45) is 5.73 Å². The van der Waals surface area contributed by atoms with Gasteiger partial charge in [0.25, 0.3) is 5.91 Å². The van der Waals surface area contributed by atoms with Gasteiger partial charge in [0.05, 0.1) is 29.7 Å². The number of hydrogen-bond donors (Lipinski definition) is 2. The Kier molecular flexibility index (Phi) is 5.85. The zero-order chi connectivity index (χ0) is 21.3. The molecule has 3 heterocycles. The van der Waals surface area contributed by atoms with Gasteiger partial charge in [-0.15, -0.1) is 11.3 Å². The van der Waals surface area contributed by atoms with Gasteiger partial charge in [-0.3, -0.25) is 9.78 Å². The van der Waals surface area contributed by atoms with E-state index in [1.165, 1.54) is 17.6 Å². The molecule has 156 valence electrons. The van der Waals surface area contributed by atoms with Crippen LogP contribution >= 0.6 is 11.3 Å². The number of ether oxygens (including phenoxy) is 1. The third-order valence-corrected chi connectivity index (χ3v) is 5.77. The first-order valence-electron chi connectivity index (χ1n) is 9.48. The molecule has 3 aromatic rings. The van der Waals surface area contributed by atoms with Gasteiger partial charge in [-0.25, -0.2) is 13.8 Å². The van der Waals surface area contributed by atoms with Gasteiger partial charge in [0.2, 0.25) is 0 Å². The van der Waals surface area contributed by atoms with Crippen LogP contribution in [0, 0.1) is 11.6 Å². The molecule has 0 radical (unpaired) electrons. The summed E-state index contributed by atoms with van der Waals surface area (Å²) in [4.78, 5) is 20.9. The van der Waals surface area contributed by atoms with Gasteiger partial charge >= 0.3 is 0 Å². The van der Waals surface area contributed by atoms with E-state index in [2.05, 4.69) is 15.3 Å². The fourth-order valence-corrected chi connectivity index (χ4v) is 4.41. The average Bonchev–Trinajstić information content (AvgIpc) is 3.17. The zero-order valence-electron chi connectivity index (χ0n) is 16.1. The van der Waals surface area contributed by atoms with Crippen LogP contribution in [-0.4, -0.2) is 28.0 Å². The lowest BCUT2D eigenvalue weighted by Crippen LogP contribution is -2.35. The minimum atomic E-state index is -0.731. The number of hydrogen-bond acceptors (Lipinski definition) is 6. The van der Waals surface area contributed by atoms with Crippen LogP contribution in [-0.2, 0) is 4.74 Å². The molecule has 1 aliphatic heterocycles. The van der Waals surface area contributed by atoms with Crippen molar-refractivity contribution in [2.75, 3.05) is 5.32 Å². The van der Waals surface area contributed by atoms with Gasteiger partial charge in [0, 0.05) is 23.2 Å². The van der Waals surface area contributed by atoms with Crippen LogP contribution in [0.25, 0.3) is 10.6 Å². The Labute approximate surface area is 176 Å². The number of thiazole rings is 1. The van der Waals surface area contributed by atoms with Crippen LogP contribution in [0.15, 0.2) is 42.0 Å². The van der Waals surface area contributed by atoms with E-state index in [-0.39, 0.29) is 34.5 Å². The fourth-order valence-electron chi connectivity index (χ4n) is 3.56. The van der Waals surface area contributed by atoms with E-state index in [9.17, 15) is 13.6 Å². The Morgan fingerprint density at radius 2 is 2.03 bits per heavy atom. The van der Waals surface area contributed by atoms with Crippen LogP contribution in [0.2, 0.25) is 0 Å². The second-order valence-electron chi connectivity index (χ2n) is 7.22. The summed E-state index contributed by atoms with van der Waals surface area (Å²) in [6, 6.07) is 5.37. The van der Waals surface area contributed by atoms with Crippen molar-refractivity contribution in [1.29, 1.82) is 0 Å². The summed E-state index contributed by atoms with van der Waals surface area (Å²) < 4.78 is 34.0. The summed E-state index contributed by atoms with van der Waals surface area (Å²) in [6.07, 6.45) is 4.31. The average molecular weight is 430 g/mol. The summed E-state index contributed by atoms with van der Waals surface area (Å²) in [7, 11) is 0. The number of aromatic nitrogens is 2. The van der Waals surface area contributed by atoms with E-state index in [0.29, 0.717) is 12.1 Å². The largest absolute Gasteiger partial charge is 0.370 e. The summed E-state index contributed by atoms with van der Waals surface area (Å²) in [5.41, 5.74) is 7.19. The number of halogens is 2. The lowest BCUT2D eigenvalue weighted by atomic mass is 9.95. The monoisotopic (exact) mass is 430 g/mol. The molecule has 6 nitrogen and oxygen atoms in total. The Hall–Kier alpha value is -2.75. The molecule has 1 aliphatic rings. The SMILES string of the molecule is C[C@H]1C[C@@H](N)C[C@@H](c2ccncc2NC(=O)c2csc(-c3c(F)cccc3F)n2)O1. The van der Waals surface area contributed by atoms with Gasteiger partial charge in [-0.05, 0) is 38.0 Å². The molecule has 1 amide bonds. The van der Waals surface area contributed by atoms with E-state index in [1.54, 1.807) is 12.3 Å². The molecular weight excluding hydrogens is 410 g/mol. The third kappa shape index (κ3) is 4.23. The van der Waals surface area contributed by atoms with Crippen LogP contribution < -0.4 is 11.1 Å². The van der Waals surface area contributed by atoms with Crippen LogP contribution in [0.5, 0.6) is 0 Å². The molecule has 3 N–H and O–H groups in total. The number of nitrogens with zero attached hydrogens (tertiary/aromatic N) is 2. The molecular formula is C21H20F2N4O2S. The zero-order valence-corrected chi connectivity index (χ0v) is 17.0. The summed E-state index contributed by atoms with van der Waals surface area (Å²) in [5, 5.41) is 4.34.